The van der Waals surface area contributed by atoms with Gasteiger partial charge >= 0.3 is 0 Å². The van der Waals surface area contributed by atoms with Crippen LogP contribution >= 0.6 is 45.1 Å². The number of amides is 3. The zero-order valence-electron chi connectivity index (χ0n) is 53.7. The molecule has 27 heteroatoms. The Balaban J connectivity index is 0. The van der Waals surface area contributed by atoms with E-state index in [2.05, 4.69) is 26.1 Å². The zero-order chi connectivity index (χ0) is 64.5. The van der Waals surface area contributed by atoms with Gasteiger partial charge in [0.05, 0.1) is 116 Å². The lowest BCUT2D eigenvalue weighted by Gasteiger charge is -2.13. The molecule has 0 radical (unpaired) electrons. The van der Waals surface area contributed by atoms with Crippen LogP contribution < -0.4 is 44.4 Å². The maximum Gasteiger partial charge on any atom is 0.238 e. The highest BCUT2D eigenvalue weighted by Crippen LogP contribution is 2.36. The van der Waals surface area contributed by atoms with E-state index in [-0.39, 0.29) is 46.4 Å². The summed E-state index contributed by atoms with van der Waals surface area (Å²) in [5, 5.41) is 13.5. The highest BCUT2D eigenvalue weighted by molar-refractivity contribution is 8.76. The van der Waals surface area contributed by atoms with Gasteiger partial charge in [0.2, 0.25) is 17.7 Å². The Kier molecular flexibility index (Phi) is 68.4. The summed E-state index contributed by atoms with van der Waals surface area (Å²) >= 11 is 3.69. The van der Waals surface area contributed by atoms with Crippen LogP contribution in [0.5, 0.6) is 0 Å². The molecule has 0 aromatic rings. The van der Waals surface area contributed by atoms with Gasteiger partial charge in [-0.3, -0.25) is 29.3 Å². The Morgan fingerprint density at radius 3 is 1.41 bits per heavy atom. The molecule has 4 unspecified atom stereocenters. The molecule has 512 valence electrons. The van der Waals surface area contributed by atoms with Crippen molar-refractivity contribution in [2.24, 2.45) is 23.1 Å². The van der Waals surface area contributed by atoms with Gasteiger partial charge in [0, 0.05) is 80.8 Å². The van der Waals surface area contributed by atoms with Crippen molar-refractivity contribution in [1.82, 2.24) is 21.3 Å². The Hall–Kier alpha value is -2.03. The van der Waals surface area contributed by atoms with E-state index in [0.29, 0.717) is 161 Å². The van der Waals surface area contributed by atoms with Crippen LogP contribution in [0.4, 0.5) is 0 Å². The predicted octanol–water partition coefficient (Wildman–Crippen LogP) is 5.62. The van der Waals surface area contributed by atoms with Crippen molar-refractivity contribution in [3.8, 4) is 0 Å². The van der Waals surface area contributed by atoms with Crippen molar-refractivity contribution >= 4 is 86.0 Å². The summed E-state index contributed by atoms with van der Waals surface area (Å²) in [7, 11) is 3.33. The fourth-order valence-electron chi connectivity index (χ4n) is 7.82. The number of Topliss-reactive ketones (excluding diaryl/α,β-unsaturated/α-hetero) is 4. The fraction of sp³-hybridized carbons (Fsp3) is 0.883. The lowest BCUT2D eigenvalue weighted by Crippen LogP contribution is -2.44. The number of nitrogens with two attached hydrogens (primary N) is 4. The fourth-order valence-corrected chi connectivity index (χ4v) is 12.6. The van der Waals surface area contributed by atoms with E-state index in [1.165, 1.54) is 12.8 Å². The molecule has 3 amide bonds. The molecule has 0 spiro atoms. The molecule has 2 heterocycles. The van der Waals surface area contributed by atoms with E-state index in [1.807, 2.05) is 23.5 Å². The molecule has 2 aliphatic heterocycles. The van der Waals surface area contributed by atoms with Gasteiger partial charge in [-0.15, -0.1) is 23.5 Å². The van der Waals surface area contributed by atoms with E-state index in [9.17, 15) is 33.6 Å². The van der Waals surface area contributed by atoms with Gasteiger partial charge in [-0.1, -0.05) is 60.1 Å². The average molecular weight is 1320 g/mol. The molecule has 2 aliphatic rings. The van der Waals surface area contributed by atoms with Crippen LogP contribution in [0.1, 0.15) is 163 Å². The second kappa shape index (κ2) is 68.3. The van der Waals surface area contributed by atoms with Crippen LogP contribution in [-0.2, 0) is 71.6 Å². The second-order valence-electron chi connectivity index (χ2n) is 20.8. The van der Waals surface area contributed by atoms with Crippen LogP contribution in [0, 0.1) is 0 Å². The minimum atomic E-state index is -0.0540. The minimum absolute atomic E-state index is 0.0135. The Labute approximate surface area is 539 Å². The van der Waals surface area contributed by atoms with E-state index in [0.717, 1.165) is 133 Å². The number of rotatable bonds is 57. The molecule has 4 atom stereocenters. The second-order valence-corrected chi connectivity index (χ2v) is 26.3. The minimum Gasteiger partial charge on any atom is -0.379 e. The predicted molar refractivity (Wildman–Crippen MR) is 355 cm³/mol. The molecule has 0 aliphatic carbocycles. The molecule has 0 aromatic carbocycles. The van der Waals surface area contributed by atoms with E-state index in [4.69, 9.17) is 56.3 Å². The first-order valence-corrected chi connectivity index (χ1v) is 36.2. The lowest BCUT2D eigenvalue weighted by atomic mass is 10.1. The molecule has 0 aromatic heterocycles. The number of nitrogens with one attached hydrogen (secondary N) is 4. The van der Waals surface area contributed by atoms with Crippen molar-refractivity contribution in [1.29, 1.82) is 0 Å². The Bertz CT molecular complexity index is 1600. The molecule has 2 rings (SSSR count). The highest BCUT2D eigenvalue weighted by atomic mass is 33.1. The Morgan fingerprint density at radius 2 is 0.908 bits per heavy atom. The largest absolute Gasteiger partial charge is 0.379 e. The molecule has 12 N–H and O–H groups in total. The van der Waals surface area contributed by atoms with E-state index in [1.54, 1.807) is 49.3 Å². The molecular formula is C60H118N8O15S4. The molecular weight excluding hydrogens is 1200 g/mol. The van der Waals surface area contributed by atoms with Crippen molar-refractivity contribution in [2.45, 2.75) is 184 Å². The number of hydrogen-bond acceptors (Lipinski definition) is 24. The number of carbonyl (C=O) groups excluding carboxylic acids is 7. The average Bonchev–Trinajstić information content (AvgIpc) is 4.13. The number of hydrogen-bond donors (Lipinski definition) is 8. The number of carbonyl (C=O) groups is 7. The maximum atomic E-state index is 12.1. The summed E-state index contributed by atoms with van der Waals surface area (Å²) in [6.07, 6.45) is 20.0. The van der Waals surface area contributed by atoms with Gasteiger partial charge in [-0.05, 0) is 105 Å². The van der Waals surface area contributed by atoms with Crippen molar-refractivity contribution in [3.63, 3.8) is 0 Å². The molecule has 0 bridgehead atoms. The molecule has 23 nitrogen and oxygen atoms in total. The highest BCUT2D eigenvalue weighted by Gasteiger charge is 2.30. The normalized spacial score (nSPS) is 16.0. The summed E-state index contributed by atoms with van der Waals surface area (Å²) < 4.78 is 36.7. The SMILES string of the molecule is CC(=O)CCCCCC1CCC(C(=O)NCCCCCN)S1.CC(=O)CCCCCC1NC(C(=O)NCCCCCN)CS1.CC(=O)CCOCCOCCOCCOCCON.CC(=O)CCSSCCNC(=O)CCOCCOCCOCCN. The number of thioether (sulfide) groups is 2. The van der Waals surface area contributed by atoms with Crippen LogP contribution in [0.15, 0.2) is 0 Å². The Morgan fingerprint density at radius 1 is 0.448 bits per heavy atom. The quantitative estimate of drug-likeness (QED) is 0.0208. The van der Waals surface area contributed by atoms with Crippen LogP contribution in [0.25, 0.3) is 0 Å². The third kappa shape index (κ3) is 66.7. The van der Waals surface area contributed by atoms with Gasteiger partial charge in [0.1, 0.15) is 23.1 Å². The van der Waals surface area contributed by atoms with Crippen molar-refractivity contribution in [3.05, 3.63) is 0 Å². The third-order valence-corrected chi connectivity index (χ3v) is 18.0. The monoisotopic (exact) mass is 1320 g/mol. The summed E-state index contributed by atoms with van der Waals surface area (Å²) in [6, 6.07) is -0.0540. The van der Waals surface area contributed by atoms with Crippen LogP contribution in [0.3, 0.4) is 0 Å². The first-order valence-electron chi connectivity index (χ1n) is 31.7. The van der Waals surface area contributed by atoms with Gasteiger partial charge in [-0.2, -0.15) is 0 Å². The standard InChI is InChI=1S/C17H32N2O2S.C16H31N3O2S.C15H30N2O5S2.C12H25NO6/c1-14(20)8-4-2-5-9-15-10-11-16(22-15)17(21)19-13-7-3-6-12-18;1-13(20)8-4-2-5-9-15-19-14(12-22-15)16(21)18-11-7-3-6-10-17;1-14(18)3-12-23-24-13-5-17-15(19)2-6-20-8-10-22-11-9-21-7-4-16;1-12(14)2-3-15-4-5-16-6-7-17-8-9-18-10-11-19-13/h15-16H,2-13,18H2,1H3,(H,19,21);14-15,19H,2-12,17H2,1H3,(H,18,21);2-13,16H2,1H3,(H,17,19);2-11,13H2,1H3. The molecule has 2 fully saturated rings. The topological polar surface area (TPSA) is 346 Å². The zero-order valence-corrected chi connectivity index (χ0v) is 57.0. The molecule has 87 heavy (non-hydrogen) atoms. The lowest BCUT2D eigenvalue weighted by molar-refractivity contribution is -0.123. The summed E-state index contributed by atoms with van der Waals surface area (Å²) in [6.45, 7) is 17.9. The first-order chi connectivity index (χ1) is 42.2. The van der Waals surface area contributed by atoms with Gasteiger partial charge in [0.15, 0.2) is 0 Å². The van der Waals surface area contributed by atoms with Gasteiger partial charge in [0.25, 0.3) is 0 Å². The van der Waals surface area contributed by atoms with Crippen LogP contribution in [0.2, 0.25) is 0 Å². The van der Waals surface area contributed by atoms with Crippen LogP contribution in [-0.4, -0.2) is 218 Å². The first kappa shape index (κ1) is 87.0. The van der Waals surface area contributed by atoms with Gasteiger partial charge in [-0.25, -0.2) is 5.90 Å². The van der Waals surface area contributed by atoms with E-state index >= 15 is 0 Å². The van der Waals surface area contributed by atoms with E-state index < -0.39 is 0 Å². The van der Waals surface area contributed by atoms with Crippen molar-refractivity contribution < 1.29 is 71.6 Å². The summed E-state index contributed by atoms with van der Waals surface area (Å²) in [5.74, 6) is 8.57. The summed E-state index contributed by atoms with van der Waals surface area (Å²) in [4.78, 5) is 83.1. The number of unbranched alkanes of at least 4 members (excludes halogenated alkanes) is 8. The smallest absolute Gasteiger partial charge is 0.238 e. The number of ether oxygens (including phenoxy) is 7. The number of ketones is 4. The maximum absolute atomic E-state index is 12.1. The summed E-state index contributed by atoms with van der Waals surface area (Å²) in [5.41, 5.74) is 16.2. The van der Waals surface area contributed by atoms with Crippen molar-refractivity contribution in [2.75, 3.05) is 156 Å². The third-order valence-electron chi connectivity index (χ3n) is 12.6. The molecule has 0 saturated carbocycles. The molecule has 2 saturated heterocycles. The van der Waals surface area contributed by atoms with Gasteiger partial charge < -0.3 is 80.7 Å².